The molecule has 4 rings (SSSR count). The van der Waals surface area contributed by atoms with Gasteiger partial charge in [-0.1, -0.05) is 54.1 Å². The van der Waals surface area contributed by atoms with Gasteiger partial charge < -0.3 is 4.90 Å². The summed E-state index contributed by atoms with van der Waals surface area (Å²) in [4.78, 5) is 17.7. The van der Waals surface area contributed by atoms with Crippen LogP contribution in [0.5, 0.6) is 0 Å². The number of carbonyl (C=O) groups is 1. The highest BCUT2D eigenvalue weighted by Crippen LogP contribution is 2.26. The lowest BCUT2D eigenvalue weighted by Crippen LogP contribution is -2.47. The van der Waals surface area contributed by atoms with Gasteiger partial charge in [0.05, 0.1) is 5.92 Å². The van der Waals surface area contributed by atoms with Crippen LogP contribution in [0, 0.1) is 11.8 Å². The van der Waals surface area contributed by atoms with Crippen molar-refractivity contribution in [3.63, 3.8) is 0 Å². The summed E-state index contributed by atoms with van der Waals surface area (Å²) in [5.74, 6) is 1.24. The Morgan fingerprint density at radius 2 is 1.62 bits per heavy atom. The molecule has 2 fully saturated rings. The van der Waals surface area contributed by atoms with Crippen molar-refractivity contribution >= 4 is 17.5 Å². The smallest absolute Gasteiger partial charge is 0.226 e. The van der Waals surface area contributed by atoms with Crippen LogP contribution in [-0.2, 0) is 17.8 Å². The van der Waals surface area contributed by atoms with Gasteiger partial charge in [-0.15, -0.1) is 0 Å². The average molecular weight is 411 g/mol. The lowest BCUT2D eigenvalue weighted by atomic mass is 9.89. The van der Waals surface area contributed by atoms with E-state index >= 15 is 0 Å². The molecule has 29 heavy (non-hydrogen) atoms. The molecule has 154 valence electrons. The fourth-order valence-corrected chi connectivity index (χ4v) is 4.94. The molecule has 2 heterocycles. The zero-order valence-electron chi connectivity index (χ0n) is 17.1. The van der Waals surface area contributed by atoms with Gasteiger partial charge in [0.2, 0.25) is 5.91 Å². The number of amides is 1. The van der Waals surface area contributed by atoms with E-state index in [1.807, 2.05) is 12.1 Å². The third-order valence-corrected chi connectivity index (χ3v) is 6.72. The first kappa shape index (κ1) is 20.4. The monoisotopic (exact) mass is 410 g/mol. The third-order valence-electron chi connectivity index (χ3n) is 6.47. The summed E-state index contributed by atoms with van der Waals surface area (Å²) in [6.45, 7) is 4.70. The highest BCUT2D eigenvalue weighted by Gasteiger charge is 2.31. The largest absolute Gasteiger partial charge is 0.342 e. The zero-order chi connectivity index (χ0) is 20.1. The van der Waals surface area contributed by atoms with Crippen LogP contribution < -0.4 is 0 Å². The quantitative estimate of drug-likeness (QED) is 0.689. The number of hydrogen-bond donors (Lipinski definition) is 0. The fraction of sp³-hybridized carbons (Fsp3) is 0.480. The van der Waals surface area contributed by atoms with E-state index in [1.54, 1.807) is 0 Å². The molecule has 2 saturated heterocycles. The third kappa shape index (κ3) is 5.61. The van der Waals surface area contributed by atoms with E-state index in [-0.39, 0.29) is 5.92 Å². The maximum absolute atomic E-state index is 13.1. The fourth-order valence-electron chi connectivity index (χ4n) is 4.81. The van der Waals surface area contributed by atoms with Gasteiger partial charge in [0.15, 0.2) is 0 Å². The summed E-state index contributed by atoms with van der Waals surface area (Å²) in [6, 6.07) is 18.8. The Hall–Kier alpha value is -1.84. The average Bonchev–Trinajstić information content (AvgIpc) is 2.76. The van der Waals surface area contributed by atoms with Crippen LogP contribution in [0.4, 0.5) is 0 Å². The summed E-state index contributed by atoms with van der Waals surface area (Å²) in [5, 5.41) is 0.774. The van der Waals surface area contributed by atoms with E-state index in [2.05, 4.69) is 52.3 Å². The second-order valence-corrected chi connectivity index (χ2v) is 9.10. The molecule has 2 aliphatic heterocycles. The lowest BCUT2D eigenvalue weighted by molar-refractivity contribution is -0.138. The first-order valence-electron chi connectivity index (χ1n) is 11.0. The molecule has 0 spiro atoms. The molecule has 0 aliphatic carbocycles. The van der Waals surface area contributed by atoms with Gasteiger partial charge in [-0.2, -0.15) is 0 Å². The predicted octanol–water partition coefficient (Wildman–Crippen LogP) is 5.03. The first-order valence-corrected chi connectivity index (χ1v) is 11.3. The number of rotatable bonds is 5. The van der Waals surface area contributed by atoms with Gasteiger partial charge in [-0.05, 0) is 67.8 Å². The van der Waals surface area contributed by atoms with Crippen LogP contribution in [0.2, 0.25) is 5.02 Å². The van der Waals surface area contributed by atoms with Gasteiger partial charge in [-0.25, -0.2) is 0 Å². The topological polar surface area (TPSA) is 23.6 Å². The molecule has 2 aromatic rings. The van der Waals surface area contributed by atoms with Crippen LogP contribution in [0.15, 0.2) is 54.6 Å². The summed E-state index contributed by atoms with van der Waals surface area (Å²) in [7, 11) is 0. The molecule has 0 radical (unpaired) electrons. The predicted molar refractivity (Wildman–Crippen MR) is 119 cm³/mol. The van der Waals surface area contributed by atoms with E-state index in [4.69, 9.17) is 11.6 Å². The molecule has 0 aromatic heterocycles. The van der Waals surface area contributed by atoms with Gasteiger partial charge in [0.1, 0.15) is 0 Å². The molecule has 2 aromatic carbocycles. The molecular weight excluding hydrogens is 380 g/mol. The maximum Gasteiger partial charge on any atom is 0.226 e. The molecule has 1 atom stereocenters. The van der Waals surface area contributed by atoms with E-state index in [1.165, 1.54) is 11.1 Å². The highest BCUT2D eigenvalue weighted by molar-refractivity contribution is 6.30. The van der Waals surface area contributed by atoms with E-state index in [9.17, 15) is 4.79 Å². The van der Waals surface area contributed by atoms with Crippen LogP contribution in [0.25, 0.3) is 0 Å². The van der Waals surface area contributed by atoms with Crippen molar-refractivity contribution in [2.45, 2.75) is 38.6 Å². The number of benzene rings is 2. The van der Waals surface area contributed by atoms with Crippen molar-refractivity contribution in [1.82, 2.24) is 9.80 Å². The van der Waals surface area contributed by atoms with Gasteiger partial charge in [0.25, 0.3) is 0 Å². The minimum absolute atomic E-state index is 0.154. The van der Waals surface area contributed by atoms with E-state index in [0.29, 0.717) is 11.8 Å². The van der Waals surface area contributed by atoms with Crippen LogP contribution in [0.1, 0.15) is 36.8 Å². The van der Waals surface area contributed by atoms with Crippen LogP contribution >= 0.6 is 11.6 Å². The SMILES string of the molecule is O=C([C@@H]1CCCN(Cc2ccc(Cl)cc2)C1)N1CCC(Cc2ccccc2)CC1. The Bertz CT molecular complexity index is 784. The van der Waals surface area contributed by atoms with Crippen molar-refractivity contribution in [2.24, 2.45) is 11.8 Å². The molecule has 3 nitrogen and oxygen atoms in total. The highest BCUT2D eigenvalue weighted by atomic mass is 35.5. The number of carbonyl (C=O) groups excluding carboxylic acids is 1. The van der Waals surface area contributed by atoms with Crippen molar-refractivity contribution in [3.05, 3.63) is 70.7 Å². The minimum atomic E-state index is 0.154. The molecule has 0 bridgehead atoms. The van der Waals surface area contributed by atoms with E-state index in [0.717, 1.165) is 69.9 Å². The van der Waals surface area contributed by atoms with Gasteiger partial charge in [0, 0.05) is 31.2 Å². The molecule has 0 saturated carbocycles. The molecule has 0 unspecified atom stereocenters. The summed E-state index contributed by atoms with van der Waals surface area (Å²) < 4.78 is 0. The van der Waals surface area contributed by atoms with Crippen molar-refractivity contribution in [1.29, 1.82) is 0 Å². The van der Waals surface area contributed by atoms with E-state index < -0.39 is 0 Å². The molecule has 0 N–H and O–H groups in total. The Kier molecular flexibility index (Phi) is 6.89. The van der Waals surface area contributed by atoms with Crippen molar-refractivity contribution in [3.8, 4) is 0 Å². The maximum atomic E-state index is 13.1. The Labute approximate surface area is 179 Å². The Morgan fingerprint density at radius 3 is 2.34 bits per heavy atom. The molecule has 2 aliphatic rings. The second kappa shape index (κ2) is 9.77. The number of nitrogens with zero attached hydrogens (tertiary/aromatic N) is 2. The number of piperidine rings is 2. The lowest BCUT2D eigenvalue weighted by Gasteiger charge is -2.38. The normalized spacial score (nSPS) is 21.3. The molecule has 1 amide bonds. The zero-order valence-corrected chi connectivity index (χ0v) is 17.9. The number of halogens is 1. The Morgan fingerprint density at radius 1 is 0.897 bits per heavy atom. The van der Waals surface area contributed by atoms with Gasteiger partial charge in [-0.3, -0.25) is 9.69 Å². The number of hydrogen-bond acceptors (Lipinski definition) is 2. The second-order valence-electron chi connectivity index (χ2n) is 8.66. The number of likely N-dealkylation sites (tertiary alicyclic amines) is 2. The first-order chi connectivity index (χ1) is 14.2. The van der Waals surface area contributed by atoms with Gasteiger partial charge >= 0.3 is 0 Å². The van der Waals surface area contributed by atoms with Crippen LogP contribution in [-0.4, -0.2) is 41.9 Å². The van der Waals surface area contributed by atoms with Crippen molar-refractivity contribution in [2.75, 3.05) is 26.2 Å². The summed E-state index contributed by atoms with van der Waals surface area (Å²) in [6.07, 6.45) is 5.53. The summed E-state index contributed by atoms with van der Waals surface area (Å²) >= 11 is 6.00. The summed E-state index contributed by atoms with van der Waals surface area (Å²) in [5.41, 5.74) is 2.69. The Balaban J connectivity index is 1.26. The van der Waals surface area contributed by atoms with Crippen molar-refractivity contribution < 1.29 is 4.79 Å². The molecular formula is C25H31ClN2O. The standard InChI is InChI=1S/C25H31ClN2O/c26-24-10-8-22(9-11-24)18-27-14-4-7-23(19-27)25(29)28-15-12-21(13-16-28)17-20-5-2-1-3-6-20/h1-3,5-6,8-11,21,23H,4,7,12-19H2/t23-/m1/s1. The van der Waals surface area contributed by atoms with Crippen LogP contribution in [0.3, 0.4) is 0 Å². The minimum Gasteiger partial charge on any atom is -0.342 e. The molecule has 4 heteroatoms.